The summed E-state index contributed by atoms with van der Waals surface area (Å²) in [4.78, 5) is 0. The third kappa shape index (κ3) is 1.65. The van der Waals surface area contributed by atoms with Gasteiger partial charge in [0.2, 0.25) is 0 Å². The molecular formula is C13H16O3. The number of aliphatic hydroxyl groups is 1. The highest BCUT2D eigenvalue weighted by Gasteiger charge is 2.27. The van der Waals surface area contributed by atoms with Gasteiger partial charge in [0, 0.05) is 5.92 Å². The van der Waals surface area contributed by atoms with Crippen LogP contribution in [-0.4, -0.2) is 24.4 Å². The first-order valence-corrected chi connectivity index (χ1v) is 5.92. The molecule has 0 spiro atoms. The highest BCUT2D eigenvalue weighted by molar-refractivity contribution is 5.45. The molecule has 3 heteroatoms. The summed E-state index contributed by atoms with van der Waals surface area (Å²) >= 11 is 0. The normalized spacial score (nSPS) is 28.1. The Morgan fingerprint density at radius 3 is 2.62 bits per heavy atom. The van der Waals surface area contributed by atoms with Gasteiger partial charge in [-0.2, -0.15) is 0 Å². The molecule has 16 heavy (non-hydrogen) atoms. The largest absolute Gasteiger partial charge is 0.486 e. The number of benzene rings is 1. The Morgan fingerprint density at radius 1 is 1.06 bits per heavy atom. The van der Waals surface area contributed by atoms with E-state index in [1.165, 1.54) is 5.56 Å². The van der Waals surface area contributed by atoms with Crippen LogP contribution in [0.3, 0.4) is 0 Å². The summed E-state index contributed by atoms with van der Waals surface area (Å²) in [6.07, 6.45) is 2.91. The third-order valence-electron chi connectivity index (χ3n) is 3.47. The second-order valence-electron chi connectivity index (χ2n) is 4.51. The number of aliphatic hydroxyl groups excluding tert-OH is 1. The average Bonchev–Trinajstić information content (AvgIpc) is 2.75. The Balaban J connectivity index is 1.90. The Morgan fingerprint density at radius 2 is 1.88 bits per heavy atom. The van der Waals surface area contributed by atoms with Crippen molar-refractivity contribution in [2.75, 3.05) is 13.2 Å². The molecule has 2 unspecified atom stereocenters. The van der Waals surface area contributed by atoms with Crippen LogP contribution in [0.4, 0.5) is 0 Å². The van der Waals surface area contributed by atoms with Gasteiger partial charge in [-0.15, -0.1) is 0 Å². The zero-order valence-corrected chi connectivity index (χ0v) is 9.19. The average molecular weight is 220 g/mol. The second kappa shape index (κ2) is 3.98. The molecule has 2 aliphatic rings. The first kappa shape index (κ1) is 9.97. The van der Waals surface area contributed by atoms with Crippen molar-refractivity contribution in [2.24, 2.45) is 0 Å². The molecular weight excluding hydrogens is 204 g/mol. The van der Waals surface area contributed by atoms with Crippen LogP contribution in [0.5, 0.6) is 11.5 Å². The molecule has 0 bridgehead atoms. The minimum Gasteiger partial charge on any atom is -0.486 e. The van der Waals surface area contributed by atoms with Gasteiger partial charge in [0.1, 0.15) is 13.2 Å². The molecule has 3 rings (SSSR count). The van der Waals surface area contributed by atoms with Crippen molar-refractivity contribution in [3.8, 4) is 11.5 Å². The molecule has 86 valence electrons. The molecule has 1 aliphatic heterocycles. The topological polar surface area (TPSA) is 38.7 Å². The smallest absolute Gasteiger partial charge is 0.161 e. The van der Waals surface area contributed by atoms with E-state index in [-0.39, 0.29) is 12.0 Å². The number of hydrogen-bond donors (Lipinski definition) is 1. The van der Waals surface area contributed by atoms with Crippen molar-refractivity contribution in [3.05, 3.63) is 23.8 Å². The van der Waals surface area contributed by atoms with Gasteiger partial charge in [-0.05, 0) is 30.5 Å². The van der Waals surface area contributed by atoms with Crippen molar-refractivity contribution < 1.29 is 14.6 Å². The number of rotatable bonds is 1. The maximum Gasteiger partial charge on any atom is 0.161 e. The van der Waals surface area contributed by atoms with Crippen LogP contribution >= 0.6 is 0 Å². The summed E-state index contributed by atoms with van der Waals surface area (Å²) in [5, 5.41) is 9.87. The quantitative estimate of drug-likeness (QED) is 0.787. The van der Waals surface area contributed by atoms with Gasteiger partial charge in [0.25, 0.3) is 0 Å². The van der Waals surface area contributed by atoms with Gasteiger partial charge in [-0.25, -0.2) is 0 Å². The molecule has 1 aromatic carbocycles. The summed E-state index contributed by atoms with van der Waals surface area (Å²) < 4.78 is 11.0. The zero-order chi connectivity index (χ0) is 11.0. The van der Waals surface area contributed by atoms with Crippen LogP contribution in [0.15, 0.2) is 18.2 Å². The maximum atomic E-state index is 9.87. The summed E-state index contributed by atoms with van der Waals surface area (Å²) in [6, 6.07) is 6.02. The fraction of sp³-hybridized carbons (Fsp3) is 0.538. The van der Waals surface area contributed by atoms with Gasteiger partial charge in [0.05, 0.1) is 6.10 Å². The van der Waals surface area contributed by atoms with E-state index in [0.29, 0.717) is 13.2 Å². The Labute approximate surface area is 95.0 Å². The maximum absolute atomic E-state index is 9.87. The van der Waals surface area contributed by atoms with E-state index < -0.39 is 0 Å². The van der Waals surface area contributed by atoms with Crippen molar-refractivity contribution in [1.29, 1.82) is 0 Å². The summed E-state index contributed by atoms with van der Waals surface area (Å²) in [5.41, 5.74) is 1.18. The first-order valence-electron chi connectivity index (χ1n) is 5.92. The molecule has 1 heterocycles. The van der Waals surface area contributed by atoms with Crippen LogP contribution in [0.1, 0.15) is 30.7 Å². The van der Waals surface area contributed by atoms with E-state index in [0.717, 1.165) is 30.8 Å². The summed E-state index contributed by atoms with van der Waals surface area (Å²) in [5.74, 6) is 1.92. The molecule has 2 atom stereocenters. The Bertz CT molecular complexity index is 389. The molecule has 0 aromatic heterocycles. The van der Waals surface area contributed by atoms with Gasteiger partial charge in [-0.1, -0.05) is 12.5 Å². The lowest BCUT2D eigenvalue weighted by atomic mass is 9.95. The Hall–Kier alpha value is -1.22. The van der Waals surface area contributed by atoms with Gasteiger partial charge in [0.15, 0.2) is 11.5 Å². The number of ether oxygens (including phenoxy) is 2. The van der Waals surface area contributed by atoms with Crippen LogP contribution < -0.4 is 9.47 Å². The zero-order valence-electron chi connectivity index (χ0n) is 9.19. The molecule has 1 fully saturated rings. The van der Waals surface area contributed by atoms with E-state index >= 15 is 0 Å². The fourth-order valence-corrected chi connectivity index (χ4v) is 2.62. The molecule has 0 amide bonds. The first-order chi connectivity index (χ1) is 7.84. The van der Waals surface area contributed by atoms with Crippen molar-refractivity contribution in [2.45, 2.75) is 31.3 Å². The Kier molecular flexibility index (Phi) is 2.48. The minimum absolute atomic E-state index is 0.192. The number of fused-ring (bicyclic) bond motifs is 1. The molecule has 1 saturated carbocycles. The van der Waals surface area contributed by atoms with Crippen molar-refractivity contribution >= 4 is 0 Å². The fourth-order valence-electron chi connectivity index (χ4n) is 2.62. The lowest BCUT2D eigenvalue weighted by Crippen LogP contribution is -2.16. The summed E-state index contributed by atoms with van der Waals surface area (Å²) in [7, 11) is 0. The van der Waals surface area contributed by atoms with Crippen molar-refractivity contribution in [3.63, 3.8) is 0 Å². The monoisotopic (exact) mass is 220 g/mol. The van der Waals surface area contributed by atoms with Crippen molar-refractivity contribution in [1.82, 2.24) is 0 Å². The molecule has 1 aliphatic carbocycles. The van der Waals surface area contributed by atoms with Gasteiger partial charge in [-0.3, -0.25) is 0 Å². The van der Waals surface area contributed by atoms with Gasteiger partial charge >= 0.3 is 0 Å². The van der Waals surface area contributed by atoms with E-state index in [4.69, 9.17) is 9.47 Å². The lowest BCUT2D eigenvalue weighted by molar-refractivity contribution is 0.161. The van der Waals surface area contributed by atoms with Crippen LogP contribution in [0, 0.1) is 0 Å². The molecule has 1 aromatic rings. The van der Waals surface area contributed by atoms with E-state index in [2.05, 4.69) is 0 Å². The highest BCUT2D eigenvalue weighted by atomic mass is 16.6. The second-order valence-corrected chi connectivity index (χ2v) is 4.51. The molecule has 0 radical (unpaired) electrons. The number of hydrogen-bond acceptors (Lipinski definition) is 3. The molecule has 3 nitrogen and oxygen atoms in total. The lowest BCUT2D eigenvalue weighted by Gasteiger charge is -2.21. The van der Waals surface area contributed by atoms with Crippen LogP contribution in [0.25, 0.3) is 0 Å². The minimum atomic E-state index is -0.192. The predicted molar refractivity (Wildman–Crippen MR) is 60.0 cm³/mol. The van der Waals surface area contributed by atoms with Crippen LogP contribution in [0.2, 0.25) is 0 Å². The molecule has 1 N–H and O–H groups in total. The predicted octanol–water partition coefficient (Wildman–Crippen LogP) is 2.09. The van der Waals surface area contributed by atoms with E-state index in [1.807, 2.05) is 18.2 Å². The highest BCUT2D eigenvalue weighted by Crippen LogP contribution is 2.39. The van der Waals surface area contributed by atoms with Crippen LogP contribution in [-0.2, 0) is 0 Å². The SMILES string of the molecule is OC1CCCC1c1ccc2c(c1)OCCO2. The third-order valence-corrected chi connectivity index (χ3v) is 3.47. The molecule has 0 saturated heterocycles. The van der Waals surface area contributed by atoms with E-state index in [1.54, 1.807) is 0 Å². The summed E-state index contributed by atoms with van der Waals surface area (Å²) in [6.45, 7) is 1.24. The standard InChI is InChI=1S/C13H16O3/c14-11-3-1-2-10(11)9-4-5-12-13(8-9)16-7-6-15-12/h4-5,8,10-11,14H,1-3,6-7H2. The van der Waals surface area contributed by atoms with Gasteiger partial charge < -0.3 is 14.6 Å². The van der Waals surface area contributed by atoms with E-state index in [9.17, 15) is 5.11 Å².